The fourth-order valence-electron chi connectivity index (χ4n) is 0.599. The van der Waals surface area contributed by atoms with Gasteiger partial charge in [0.05, 0.1) is 6.33 Å². The molecule has 0 aliphatic rings. The number of H-pyrrole nitrogens is 1. The highest BCUT2D eigenvalue weighted by Gasteiger charge is 1.97. The maximum absolute atomic E-state index is 5.48. The molecule has 0 amide bonds. The number of imidazole rings is 1. The molecular weight excluding hydrogens is 140 g/mol. The fraction of sp³-hybridized carbons (Fsp3) is 0.143. The van der Waals surface area contributed by atoms with E-state index in [0.717, 1.165) is 5.71 Å². The van der Waals surface area contributed by atoms with E-state index in [1.807, 2.05) is 6.92 Å². The van der Waals surface area contributed by atoms with Crippen LogP contribution in [0.5, 0.6) is 0 Å². The van der Waals surface area contributed by atoms with Crippen molar-refractivity contribution in [2.75, 3.05) is 5.73 Å². The number of rotatable bonds is 2. The van der Waals surface area contributed by atoms with Crippen LogP contribution < -0.4 is 5.73 Å². The fourth-order valence-corrected chi connectivity index (χ4v) is 0.599. The third-order valence-corrected chi connectivity index (χ3v) is 1.23. The van der Waals surface area contributed by atoms with Crippen LogP contribution in [0.3, 0.4) is 0 Å². The Labute approximate surface area is 64.9 Å². The predicted molar refractivity (Wildman–Crippen MR) is 46.0 cm³/mol. The van der Waals surface area contributed by atoms with Crippen molar-refractivity contribution < 1.29 is 0 Å². The number of aromatic amines is 1. The van der Waals surface area contributed by atoms with Crippen LogP contribution >= 0.6 is 0 Å². The molecule has 4 nitrogen and oxygen atoms in total. The van der Waals surface area contributed by atoms with Crippen molar-refractivity contribution in [1.82, 2.24) is 9.97 Å². The lowest BCUT2D eigenvalue weighted by molar-refractivity contribution is 1.30. The molecular formula is C7H10N4. The summed E-state index contributed by atoms with van der Waals surface area (Å²) < 4.78 is 0. The minimum Gasteiger partial charge on any atom is -0.382 e. The number of anilines is 1. The summed E-state index contributed by atoms with van der Waals surface area (Å²) in [7, 11) is 0. The summed E-state index contributed by atoms with van der Waals surface area (Å²) in [5.41, 5.74) is 6.28. The Balaban J connectivity index is 2.94. The second kappa shape index (κ2) is 3.01. The highest BCUT2D eigenvalue weighted by Crippen LogP contribution is 2.14. The molecule has 0 saturated carbocycles. The van der Waals surface area contributed by atoms with Gasteiger partial charge < -0.3 is 10.7 Å². The van der Waals surface area contributed by atoms with E-state index in [9.17, 15) is 0 Å². The maximum atomic E-state index is 5.48. The molecule has 0 aromatic carbocycles. The summed E-state index contributed by atoms with van der Waals surface area (Å²) in [5, 5.41) is 0. The minimum atomic E-state index is 0.478. The van der Waals surface area contributed by atoms with Crippen molar-refractivity contribution in [3.63, 3.8) is 0 Å². The number of nitrogens with zero attached hydrogens (tertiary/aromatic N) is 2. The van der Waals surface area contributed by atoms with E-state index >= 15 is 0 Å². The Kier molecular flexibility index (Phi) is 2.06. The second-order valence-corrected chi connectivity index (χ2v) is 2.10. The van der Waals surface area contributed by atoms with E-state index in [4.69, 9.17) is 5.73 Å². The largest absolute Gasteiger partial charge is 0.382 e. The van der Waals surface area contributed by atoms with E-state index in [-0.39, 0.29) is 0 Å². The van der Waals surface area contributed by atoms with Crippen LogP contribution in [0.4, 0.5) is 11.6 Å². The Morgan fingerprint density at radius 3 is 3.09 bits per heavy atom. The Bertz CT molecular complexity index is 284. The van der Waals surface area contributed by atoms with Crippen molar-refractivity contribution >= 4 is 17.3 Å². The smallest absolute Gasteiger partial charge is 0.194 e. The van der Waals surface area contributed by atoms with Crippen LogP contribution in [0.1, 0.15) is 6.92 Å². The number of nitrogens with one attached hydrogen (secondary N) is 1. The first kappa shape index (κ1) is 7.53. The monoisotopic (exact) mass is 150 g/mol. The van der Waals surface area contributed by atoms with E-state index in [1.54, 1.807) is 6.08 Å². The van der Waals surface area contributed by atoms with E-state index in [1.165, 1.54) is 6.33 Å². The summed E-state index contributed by atoms with van der Waals surface area (Å²) in [6, 6.07) is 0. The van der Waals surface area contributed by atoms with Crippen LogP contribution in [0, 0.1) is 0 Å². The topological polar surface area (TPSA) is 67.1 Å². The Morgan fingerprint density at radius 2 is 2.64 bits per heavy atom. The highest BCUT2D eigenvalue weighted by molar-refractivity contribution is 5.94. The molecule has 1 heterocycles. The number of aromatic nitrogens is 2. The van der Waals surface area contributed by atoms with Gasteiger partial charge in [-0.2, -0.15) is 0 Å². The average Bonchev–Trinajstić information content (AvgIpc) is 2.37. The van der Waals surface area contributed by atoms with Crippen molar-refractivity contribution in [2.24, 2.45) is 4.99 Å². The predicted octanol–water partition coefficient (Wildman–Crippen LogP) is 1.27. The van der Waals surface area contributed by atoms with Gasteiger partial charge in [-0.05, 0) is 13.0 Å². The lowest BCUT2D eigenvalue weighted by Crippen LogP contribution is -1.86. The lowest BCUT2D eigenvalue weighted by atomic mass is 10.4. The molecule has 0 radical (unpaired) electrons. The third kappa shape index (κ3) is 1.67. The highest BCUT2D eigenvalue weighted by atomic mass is 15.0. The first-order valence-electron chi connectivity index (χ1n) is 3.20. The molecule has 0 atom stereocenters. The van der Waals surface area contributed by atoms with Gasteiger partial charge in [-0.1, -0.05) is 6.58 Å². The molecule has 0 unspecified atom stereocenters. The van der Waals surface area contributed by atoms with E-state index < -0.39 is 0 Å². The number of hydrogen-bond acceptors (Lipinski definition) is 3. The standard InChI is InChI=1S/C7H10N4/c1-3-5(2)11-7-6(8)9-4-10-7/h3-4H,1,8H2,2H3,(H,9,10)/b11-5-. The number of nitrogen functional groups attached to an aromatic ring is 1. The van der Waals surface area contributed by atoms with Crippen LogP contribution in [-0.4, -0.2) is 15.7 Å². The third-order valence-electron chi connectivity index (χ3n) is 1.23. The van der Waals surface area contributed by atoms with Crippen LogP contribution in [0.2, 0.25) is 0 Å². The maximum Gasteiger partial charge on any atom is 0.194 e. The van der Waals surface area contributed by atoms with Gasteiger partial charge in [-0.15, -0.1) is 0 Å². The molecule has 1 rings (SSSR count). The summed E-state index contributed by atoms with van der Waals surface area (Å²) in [4.78, 5) is 10.7. The molecule has 0 aliphatic heterocycles. The molecule has 3 N–H and O–H groups in total. The first-order chi connectivity index (χ1) is 5.24. The zero-order valence-corrected chi connectivity index (χ0v) is 6.33. The van der Waals surface area contributed by atoms with Crippen molar-refractivity contribution in [3.8, 4) is 0 Å². The molecule has 11 heavy (non-hydrogen) atoms. The van der Waals surface area contributed by atoms with Crippen LogP contribution in [0.25, 0.3) is 0 Å². The van der Waals surface area contributed by atoms with Gasteiger partial charge >= 0.3 is 0 Å². The summed E-state index contributed by atoms with van der Waals surface area (Å²) in [5.74, 6) is 0.994. The Hall–Kier alpha value is -1.58. The first-order valence-corrected chi connectivity index (χ1v) is 3.20. The molecule has 58 valence electrons. The normalized spacial score (nSPS) is 11.5. The molecule has 1 aromatic heterocycles. The number of hydrogen-bond donors (Lipinski definition) is 2. The van der Waals surface area contributed by atoms with Crippen LogP contribution in [-0.2, 0) is 0 Å². The number of aliphatic imine (C=N–C) groups is 1. The zero-order chi connectivity index (χ0) is 8.27. The SMILES string of the molecule is C=C/C(C)=N\c1nc[nH]c1N. The number of nitrogens with two attached hydrogens (primary N) is 1. The molecule has 0 bridgehead atoms. The van der Waals surface area contributed by atoms with Crippen molar-refractivity contribution in [1.29, 1.82) is 0 Å². The molecule has 1 aromatic rings. The van der Waals surface area contributed by atoms with Crippen molar-refractivity contribution in [3.05, 3.63) is 19.0 Å². The van der Waals surface area contributed by atoms with Gasteiger partial charge in [0.1, 0.15) is 5.82 Å². The minimum absolute atomic E-state index is 0.478. The van der Waals surface area contributed by atoms with Crippen molar-refractivity contribution in [2.45, 2.75) is 6.92 Å². The van der Waals surface area contributed by atoms with E-state index in [0.29, 0.717) is 11.6 Å². The van der Waals surface area contributed by atoms with Gasteiger partial charge in [0.2, 0.25) is 0 Å². The summed E-state index contributed by atoms with van der Waals surface area (Å²) in [6.07, 6.45) is 3.15. The van der Waals surface area contributed by atoms with Gasteiger partial charge in [0.15, 0.2) is 5.82 Å². The quantitative estimate of drug-likeness (QED) is 0.623. The Morgan fingerprint density at radius 1 is 1.91 bits per heavy atom. The number of allylic oxidation sites excluding steroid dienone is 1. The molecule has 0 aliphatic carbocycles. The molecule has 4 heteroatoms. The molecule has 0 fully saturated rings. The lowest BCUT2D eigenvalue weighted by Gasteiger charge is -1.89. The zero-order valence-electron chi connectivity index (χ0n) is 6.33. The van der Waals surface area contributed by atoms with Gasteiger partial charge in [-0.3, -0.25) is 0 Å². The van der Waals surface area contributed by atoms with Gasteiger partial charge in [0, 0.05) is 5.71 Å². The van der Waals surface area contributed by atoms with Crippen LogP contribution in [0.15, 0.2) is 24.0 Å². The summed E-state index contributed by atoms with van der Waals surface area (Å²) in [6.45, 7) is 5.40. The average molecular weight is 150 g/mol. The van der Waals surface area contributed by atoms with Gasteiger partial charge in [-0.25, -0.2) is 9.98 Å². The molecule has 0 spiro atoms. The molecule has 0 saturated heterocycles. The summed E-state index contributed by atoms with van der Waals surface area (Å²) >= 11 is 0. The second-order valence-electron chi connectivity index (χ2n) is 2.10. The van der Waals surface area contributed by atoms with Gasteiger partial charge in [0.25, 0.3) is 0 Å². The van der Waals surface area contributed by atoms with E-state index in [2.05, 4.69) is 21.5 Å².